The lowest BCUT2D eigenvalue weighted by atomic mass is 10.1. The monoisotopic (exact) mass is 448 g/mol. The maximum atomic E-state index is 6.59. The standard InChI is InChI=1S/C27H29ClN2O2/c1-3-31-26-15-21(14-24(28)27(26)32-18-20-8-6-7-19(2)13-20)16-29-12-11-22-17-30-25-10-5-4-9-23(22)25/h4-10,13-15,17,29-30H,3,11-12,16,18H2,1-2H3. The molecule has 0 amide bonds. The summed E-state index contributed by atoms with van der Waals surface area (Å²) in [5, 5.41) is 5.37. The predicted octanol–water partition coefficient (Wildman–Crippen LogP) is 6.44. The molecule has 4 rings (SSSR count). The van der Waals surface area contributed by atoms with Gasteiger partial charge in [0.05, 0.1) is 11.6 Å². The van der Waals surface area contributed by atoms with Gasteiger partial charge in [-0.3, -0.25) is 0 Å². The van der Waals surface area contributed by atoms with Gasteiger partial charge in [-0.25, -0.2) is 0 Å². The Morgan fingerprint density at radius 3 is 2.69 bits per heavy atom. The summed E-state index contributed by atoms with van der Waals surface area (Å²) in [7, 11) is 0. The first-order chi connectivity index (χ1) is 15.6. The average molecular weight is 449 g/mol. The minimum absolute atomic E-state index is 0.448. The Morgan fingerprint density at radius 1 is 0.969 bits per heavy atom. The van der Waals surface area contributed by atoms with Gasteiger partial charge in [0.25, 0.3) is 0 Å². The van der Waals surface area contributed by atoms with E-state index in [1.54, 1.807) is 0 Å². The number of ether oxygens (including phenoxy) is 2. The first-order valence-corrected chi connectivity index (χ1v) is 11.4. The lowest BCUT2D eigenvalue weighted by molar-refractivity contribution is 0.269. The van der Waals surface area contributed by atoms with E-state index < -0.39 is 0 Å². The van der Waals surface area contributed by atoms with Crippen LogP contribution >= 0.6 is 11.6 Å². The molecule has 2 N–H and O–H groups in total. The average Bonchev–Trinajstić information content (AvgIpc) is 3.20. The number of halogens is 1. The molecule has 0 saturated carbocycles. The highest BCUT2D eigenvalue weighted by Gasteiger charge is 2.13. The van der Waals surface area contributed by atoms with Crippen molar-refractivity contribution in [1.82, 2.24) is 10.3 Å². The van der Waals surface area contributed by atoms with Gasteiger partial charge in [-0.15, -0.1) is 0 Å². The zero-order valence-electron chi connectivity index (χ0n) is 18.6. The Hall–Kier alpha value is -2.95. The molecule has 0 aliphatic carbocycles. The van der Waals surface area contributed by atoms with Gasteiger partial charge in [0, 0.05) is 23.6 Å². The van der Waals surface area contributed by atoms with Crippen LogP contribution in [0.15, 0.2) is 66.9 Å². The number of nitrogens with one attached hydrogen (secondary N) is 2. The quantitative estimate of drug-likeness (QED) is 0.274. The number of hydrogen-bond donors (Lipinski definition) is 2. The number of aromatic amines is 1. The van der Waals surface area contributed by atoms with Crippen molar-refractivity contribution in [3.8, 4) is 11.5 Å². The van der Waals surface area contributed by atoms with Gasteiger partial charge in [0.2, 0.25) is 0 Å². The fourth-order valence-electron chi connectivity index (χ4n) is 3.88. The van der Waals surface area contributed by atoms with Gasteiger partial charge >= 0.3 is 0 Å². The number of benzene rings is 3. The van der Waals surface area contributed by atoms with Crippen molar-refractivity contribution in [3.63, 3.8) is 0 Å². The summed E-state index contributed by atoms with van der Waals surface area (Å²) in [6.07, 6.45) is 3.05. The zero-order valence-corrected chi connectivity index (χ0v) is 19.3. The van der Waals surface area contributed by atoms with Crippen molar-refractivity contribution in [3.05, 3.63) is 94.1 Å². The number of rotatable bonds is 10. The molecule has 0 unspecified atom stereocenters. The Morgan fingerprint density at radius 2 is 1.84 bits per heavy atom. The lowest BCUT2D eigenvalue weighted by Gasteiger charge is -2.16. The summed E-state index contributed by atoms with van der Waals surface area (Å²) in [5.74, 6) is 1.28. The molecule has 0 bridgehead atoms. The SMILES string of the molecule is CCOc1cc(CNCCc2c[nH]c3ccccc23)cc(Cl)c1OCc1cccc(C)c1. The molecule has 3 aromatic carbocycles. The number of fused-ring (bicyclic) bond motifs is 1. The number of aryl methyl sites for hydroxylation is 1. The Labute approximate surface area is 194 Å². The van der Waals surface area contributed by atoms with Gasteiger partial charge < -0.3 is 19.8 Å². The van der Waals surface area contributed by atoms with Crippen LogP contribution in [-0.4, -0.2) is 18.1 Å². The van der Waals surface area contributed by atoms with Crippen molar-refractivity contribution in [2.75, 3.05) is 13.2 Å². The molecule has 0 atom stereocenters. The van der Waals surface area contributed by atoms with Crippen LogP contribution in [0.1, 0.15) is 29.2 Å². The molecule has 0 aliphatic rings. The van der Waals surface area contributed by atoms with Crippen LogP contribution in [0.25, 0.3) is 10.9 Å². The van der Waals surface area contributed by atoms with Gasteiger partial charge in [-0.05, 0) is 61.7 Å². The molecule has 0 aliphatic heterocycles. The first-order valence-electron chi connectivity index (χ1n) is 11.0. The molecule has 4 aromatic rings. The molecule has 166 valence electrons. The zero-order chi connectivity index (χ0) is 22.3. The maximum absolute atomic E-state index is 6.59. The second-order valence-corrected chi connectivity index (χ2v) is 8.31. The van der Waals surface area contributed by atoms with Crippen LogP contribution in [0.5, 0.6) is 11.5 Å². The third-order valence-corrected chi connectivity index (χ3v) is 5.69. The van der Waals surface area contributed by atoms with Crippen molar-refractivity contribution < 1.29 is 9.47 Å². The summed E-state index contributed by atoms with van der Waals surface area (Å²) < 4.78 is 11.9. The van der Waals surface area contributed by atoms with E-state index in [4.69, 9.17) is 21.1 Å². The third-order valence-electron chi connectivity index (χ3n) is 5.41. The van der Waals surface area contributed by atoms with Crippen molar-refractivity contribution in [2.45, 2.75) is 33.4 Å². The van der Waals surface area contributed by atoms with Gasteiger partial charge in [0.15, 0.2) is 11.5 Å². The smallest absolute Gasteiger partial charge is 0.180 e. The van der Waals surface area contributed by atoms with E-state index in [9.17, 15) is 0 Å². The molecule has 0 saturated heterocycles. The van der Waals surface area contributed by atoms with Crippen LogP contribution < -0.4 is 14.8 Å². The number of para-hydroxylation sites is 1. The Kier molecular flexibility index (Phi) is 7.35. The van der Waals surface area contributed by atoms with E-state index in [1.807, 2.05) is 31.2 Å². The highest BCUT2D eigenvalue weighted by Crippen LogP contribution is 2.37. The third kappa shape index (κ3) is 5.45. The summed E-state index contributed by atoms with van der Waals surface area (Å²) in [4.78, 5) is 3.33. The topological polar surface area (TPSA) is 46.3 Å². The summed E-state index contributed by atoms with van der Waals surface area (Å²) in [5.41, 5.74) is 5.88. The summed E-state index contributed by atoms with van der Waals surface area (Å²) >= 11 is 6.59. The molecule has 0 spiro atoms. The predicted molar refractivity (Wildman–Crippen MR) is 132 cm³/mol. The van der Waals surface area contributed by atoms with E-state index in [2.05, 4.69) is 59.8 Å². The second-order valence-electron chi connectivity index (χ2n) is 7.90. The molecule has 1 heterocycles. The molecule has 1 aromatic heterocycles. The summed E-state index contributed by atoms with van der Waals surface area (Å²) in [6, 6.07) is 20.6. The summed E-state index contributed by atoms with van der Waals surface area (Å²) in [6.45, 7) is 6.61. The van der Waals surface area contributed by atoms with Gasteiger partial charge in [-0.2, -0.15) is 0 Å². The van der Waals surface area contributed by atoms with Crippen LogP contribution in [0.2, 0.25) is 5.02 Å². The second kappa shape index (κ2) is 10.6. The highest BCUT2D eigenvalue weighted by molar-refractivity contribution is 6.32. The van der Waals surface area contributed by atoms with E-state index in [1.165, 1.54) is 22.0 Å². The lowest BCUT2D eigenvalue weighted by Crippen LogP contribution is -2.16. The molecule has 4 nitrogen and oxygen atoms in total. The van der Waals surface area contributed by atoms with Crippen molar-refractivity contribution in [2.24, 2.45) is 0 Å². The fourth-order valence-corrected chi connectivity index (χ4v) is 4.17. The fraction of sp³-hybridized carbons (Fsp3) is 0.259. The normalized spacial score (nSPS) is 11.1. The van der Waals surface area contributed by atoms with Crippen LogP contribution in [0, 0.1) is 6.92 Å². The molecule has 0 fully saturated rings. The first kappa shape index (κ1) is 22.3. The van der Waals surface area contributed by atoms with Crippen LogP contribution in [-0.2, 0) is 19.6 Å². The van der Waals surface area contributed by atoms with E-state index in [-0.39, 0.29) is 0 Å². The minimum atomic E-state index is 0.448. The van der Waals surface area contributed by atoms with E-state index in [0.29, 0.717) is 36.3 Å². The van der Waals surface area contributed by atoms with Crippen molar-refractivity contribution >= 4 is 22.5 Å². The highest BCUT2D eigenvalue weighted by atomic mass is 35.5. The molecular formula is C27H29ClN2O2. The van der Waals surface area contributed by atoms with Crippen LogP contribution in [0.3, 0.4) is 0 Å². The van der Waals surface area contributed by atoms with E-state index >= 15 is 0 Å². The number of H-pyrrole nitrogens is 1. The molecule has 32 heavy (non-hydrogen) atoms. The van der Waals surface area contributed by atoms with E-state index in [0.717, 1.165) is 24.1 Å². The number of hydrogen-bond acceptors (Lipinski definition) is 3. The largest absolute Gasteiger partial charge is 0.490 e. The van der Waals surface area contributed by atoms with Gasteiger partial charge in [0.1, 0.15) is 6.61 Å². The Balaban J connectivity index is 1.38. The Bertz CT molecular complexity index is 1190. The van der Waals surface area contributed by atoms with Gasteiger partial charge in [-0.1, -0.05) is 59.6 Å². The molecule has 0 radical (unpaired) electrons. The molecule has 5 heteroatoms. The number of aromatic nitrogens is 1. The molecular weight excluding hydrogens is 420 g/mol. The van der Waals surface area contributed by atoms with Crippen molar-refractivity contribution in [1.29, 1.82) is 0 Å². The maximum Gasteiger partial charge on any atom is 0.180 e. The van der Waals surface area contributed by atoms with Crippen LogP contribution in [0.4, 0.5) is 0 Å². The minimum Gasteiger partial charge on any atom is -0.490 e.